The van der Waals surface area contributed by atoms with E-state index in [4.69, 9.17) is 0 Å². The molecule has 1 aromatic heterocycles. The maximum absolute atomic E-state index is 12.0. The molecule has 1 aromatic carbocycles. The number of aromatic nitrogens is 3. The lowest BCUT2D eigenvalue weighted by molar-refractivity contribution is 0.593. The number of sulfone groups is 1. The second-order valence-electron chi connectivity index (χ2n) is 3.90. The van der Waals surface area contributed by atoms with Gasteiger partial charge in [-0.15, -0.1) is 0 Å². The zero-order chi connectivity index (χ0) is 12.5. The van der Waals surface area contributed by atoms with Crippen LogP contribution in [0.5, 0.6) is 0 Å². The number of aryl methyl sites for hydroxylation is 2. The van der Waals surface area contributed by atoms with Crippen LogP contribution in [0.4, 0.5) is 0 Å². The molecule has 90 valence electrons. The highest BCUT2D eigenvalue weighted by Crippen LogP contribution is 2.15. The summed E-state index contributed by atoms with van der Waals surface area (Å²) in [6.07, 6.45) is 1.46. The first kappa shape index (κ1) is 11.8. The smallest absolute Gasteiger partial charge is 0.184 e. The van der Waals surface area contributed by atoms with Gasteiger partial charge in [-0.05, 0) is 19.1 Å². The second kappa shape index (κ2) is 4.29. The van der Waals surface area contributed by atoms with Crippen LogP contribution in [0.1, 0.15) is 11.3 Å². The molecule has 17 heavy (non-hydrogen) atoms. The molecule has 2 aromatic rings. The van der Waals surface area contributed by atoms with Crippen LogP contribution < -0.4 is 0 Å². The third kappa shape index (κ3) is 2.71. The monoisotopic (exact) mass is 251 g/mol. The highest BCUT2D eigenvalue weighted by Gasteiger charge is 2.16. The lowest BCUT2D eigenvalue weighted by atomic mass is 10.2. The number of rotatable bonds is 3. The Labute approximate surface area is 100 Å². The van der Waals surface area contributed by atoms with E-state index in [1.54, 1.807) is 31.3 Å². The highest BCUT2D eigenvalue weighted by atomic mass is 32.2. The maximum atomic E-state index is 12.0. The van der Waals surface area contributed by atoms with Crippen molar-refractivity contribution in [2.75, 3.05) is 0 Å². The fourth-order valence-corrected chi connectivity index (χ4v) is 2.72. The Bertz CT molecular complexity index is 614. The van der Waals surface area contributed by atoms with Crippen LogP contribution in [0.15, 0.2) is 35.4 Å². The van der Waals surface area contributed by atoms with Gasteiger partial charge in [-0.2, -0.15) is 15.0 Å². The molecule has 0 bridgehead atoms. The fraction of sp³-hybridized carbons (Fsp3) is 0.273. The van der Waals surface area contributed by atoms with Crippen molar-refractivity contribution in [2.24, 2.45) is 7.05 Å². The van der Waals surface area contributed by atoms with Crippen molar-refractivity contribution in [1.82, 2.24) is 15.0 Å². The van der Waals surface area contributed by atoms with Crippen molar-refractivity contribution < 1.29 is 8.42 Å². The van der Waals surface area contributed by atoms with Crippen molar-refractivity contribution in [3.8, 4) is 0 Å². The summed E-state index contributed by atoms with van der Waals surface area (Å²) in [4.78, 5) is 1.66. The van der Waals surface area contributed by atoms with Gasteiger partial charge in [-0.25, -0.2) is 8.42 Å². The van der Waals surface area contributed by atoms with E-state index in [-0.39, 0.29) is 5.75 Å². The molecule has 0 amide bonds. The van der Waals surface area contributed by atoms with E-state index in [0.717, 1.165) is 5.56 Å². The fourth-order valence-electron chi connectivity index (χ4n) is 1.48. The van der Waals surface area contributed by atoms with Gasteiger partial charge in [0, 0.05) is 7.05 Å². The topological polar surface area (TPSA) is 64.8 Å². The molecule has 0 unspecified atom stereocenters. The SMILES string of the molecule is Cc1ccc(S(=O)(=O)Cc2cnn(C)n2)cc1. The summed E-state index contributed by atoms with van der Waals surface area (Å²) in [5.41, 5.74) is 1.48. The molecule has 0 aliphatic rings. The van der Waals surface area contributed by atoms with Crippen molar-refractivity contribution in [3.63, 3.8) is 0 Å². The molecular formula is C11H13N3O2S. The Morgan fingerprint density at radius 1 is 1.24 bits per heavy atom. The normalized spacial score (nSPS) is 11.6. The van der Waals surface area contributed by atoms with Crippen molar-refractivity contribution >= 4 is 9.84 Å². The lowest BCUT2D eigenvalue weighted by Crippen LogP contribution is -2.06. The van der Waals surface area contributed by atoms with Gasteiger partial charge >= 0.3 is 0 Å². The van der Waals surface area contributed by atoms with Crippen LogP contribution >= 0.6 is 0 Å². The summed E-state index contributed by atoms with van der Waals surface area (Å²) in [6, 6.07) is 6.79. The molecule has 0 saturated heterocycles. The maximum Gasteiger partial charge on any atom is 0.184 e. The van der Waals surface area contributed by atoms with Gasteiger partial charge in [0.15, 0.2) is 9.84 Å². The molecule has 2 rings (SSSR count). The number of hydrogen-bond donors (Lipinski definition) is 0. The van der Waals surface area contributed by atoms with E-state index in [2.05, 4.69) is 10.2 Å². The lowest BCUT2D eigenvalue weighted by Gasteiger charge is -2.02. The zero-order valence-corrected chi connectivity index (χ0v) is 10.5. The second-order valence-corrected chi connectivity index (χ2v) is 5.89. The molecular weight excluding hydrogens is 238 g/mol. The van der Waals surface area contributed by atoms with Gasteiger partial charge < -0.3 is 0 Å². The third-order valence-electron chi connectivity index (χ3n) is 2.37. The van der Waals surface area contributed by atoms with Crippen LogP contribution in [0.3, 0.4) is 0 Å². The highest BCUT2D eigenvalue weighted by molar-refractivity contribution is 7.90. The van der Waals surface area contributed by atoms with Gasteiger partial charge in [0.05, 0.1) is 16.8 Å². The number of nitrogens with zero attached hydrogens (tertiary/aromatic N) is 3. The summed E-state index contributed by atoms with van der Waals surface area (Å²) in [5, 5.41) is 7.81. The first-order valence-corrected chi connectivity index (χ1v) is 6.77. The van der Waals surface area contributed by atoms with Gasteiger partial charge in [-0.3, -0.25) is 0 Å². The molecule has 0 aliphatic carbocycles. The van der Waals surface area contributed by atoms with Gasteiger partial charge in [0.2, 0.25) is 0 Å². The minimum absolute atomic E-state index is 0.121. The van der Waals surface area contributed by atoms with Crippen LogP contribution in [0.2, 0.25) is 0 Å². The molecule has 0 spiro atoms. The molecule has 5 nitrogen and oxygen atoms in total. The standard InChI is InChI=1S/C11H13N3O2S/c1-9-3-5-11(6-4-9)17(15,16)8-10-7-12-14(2)13-10/h3-7H,8H2,1-2H3. The van der Waals surface area contributed by atoms with Crippen LogP contribution in [-0.4, -0.2) is 23.4 Å². The molecule has 0 aliphatic heterocycles. The molecule has 0 atom stereocenters. The molecule has 0 fully saturated rings. The average Bonchev–Trinajstić information content (AvgIpc) is 2.63. The summed E-state index contributed by atoms with van der Waals surface area (Å²) < 4.78 is 24.1. The quantitative estimate of drug-likeness (QED) is 0.819. The van der Waals surface area contributed by atoms with Gasteiger partial charge in [-0.1, -0.05) is 17.7 Å². The van der Waals surface area contributed by atoms with E-state index >= 15 is 0 Å². The van der Waals surface area contributed by atoms with E-state index in [9.17, 15) is 8.42 Å². The number of benzene rings is 1. The van der Waals surface area contributed by atoms with E-state index < -0.39 is 9.84 Å². The first-order chi connectivity index (χ1) is 7.97. The largest absolute Gasteiger partial charge is 0.223 e. The predicted octanol–water partition coefficient (Wildman–Crippen LogP) is 1.10. The summed E-state index contributed by atoms with van der Waals surface area (Å²) >= 11 is 0. The third-order valence-corrected chi connectivity index (χ3v) is 4.03. The first-order valence-electron chi connectivity index (χ1n) is 5.12. The van der Waals surface area contributed by atoms with Crippen LogP contribution in [-0.2, 0) is 22.6 Å². The molecule has 0 saturated carbocycles. The molecule has 1 heterocycles. The van der Waals surface area contributed by atoms with Crippen molar-refractivity contribution in [2.45, 2.75) is 17.6 Å². The Morgan fingerprint density at radius 2 is 1.88 bits per heavy atom. The van der Waals surface area contributed by atoms with E-state index in [1.165, 1.54) is 11.0 Å². The Morgan fingerprint density at radius 3 is 2.41 bits per heavy atom. The minimum Gasteiger partial charge on any atom is -0.223 e. The molecule has 6 heteroatoms. The Hall–Kier alpha value is -1.69. The zero-order valence-electron chi connectivity index (χ0n) is 9.66. The molecule has 0 N–H and O–H groups in total. The van der Waals surface area contributed by atoms with Gasteiger partial charge in [0.25, 0.3) is 0 Å². The predicted molar refractivity (Wildman–Crippen MR) is 63.1 cm³/mol. The van der Waals surface area contributed by atoms with Crippen LogP contribution in [0.25, 0.3) is 0 Å². The molecule has 0 radical (unpaired) electrons. The minimum atomic E-state index is -3.33. The summed E-state index contributed by atoms with van der Waals surface area (Å²) in [6.45, 7) is 1.92. The number of hydrogen-bond acceptors (Lipinski definition) is 4. The Kier molecular flexibility index (Phi) is 2.97. The van der Waals surface area contributed by atoms with E-state index in [1.807, 2.05) is 6.92 Å². The van der Waals surface area contributed by atoms with Crippen molar-refractivity contribution in [1.29, 1.82) is 0 Å². The van der Waals surface area contributed by atoms with E-state index in [0.29, 0.717) is 10.6 Å². The van der Waals surface area contributed by atoms with Gasteiger partial charge in [0.1, 0.15) is 5.75 Å². The van der Waals surface area contributed by atoms with Crippen LogP contribution in [0, 0.1) is 6.92 Å². The summed E-state index contributed by atoms with van der Waals surface area (Å²) in [7, 11) is -1.68. The average molecular weight is 251 g/mol. The Balaban J connectivity index is 2.28. The van der Waals surface area contributed by atoms with Crippen molar-refractivity contribution in [3.05, 3.63) is 41.7 Å². The summed E-state index contributed by atoms with van der Waals surface area (Å²) in [5.74, 6) is -0.121.